The van der Waals surface area contributed by atoms with E-state index in [1.54, 1.807) is 0 Å². The van der Waals surface area contributed by atoms with Crippen LogP contribution in [0.4, 0.5) is 0 Å². The molecular weight excluding hydrogens is 148 g/mol. The molecule has 0 spiro atoms. The van der Waals surface area contributed by atoms with Crippen LogP contribution in [-0.4, -0.2) is 10.7 Å². The van der Waals surface area contributed by atoms with Gasteiger partial charge in [0, 0.05) is 23.2 Å². The minimum Gasteiger partial charge on any atom is -0.305 e. The molecule has 1 N–H and O–H groups in total. The Bertz CT molecular complexity index is 329. The summed E-state index contributed by atoms with van der Waals surface area (Å²) in [5, 5.41) is 7.77. The summed E-state index contributed by atoms with van der Waals surface area (Å²) in [7, 11) is 0. The minimum absolute atomic E-state index is 0.766. The summed E-state index contributed by atoms with van der Waals surface area (Å²) in [4.78, 5) is 4.29. The Hall–Kier alpha value is -1.18. The van der Waals surface area contributed by atoms with Crippen LogP contribution in [0.1, 0.15) is 29.7 Å². The number of aromatic nitrogens is 1. The zero-order chi connectivity index (χ0) is 8.55. The Morgan fingerprint density at radius 2 is 2.25 bits per heavy atom. The van der Waals surface area contributed by atoms with Gasteiger partial charge in [0.15, 0.2) is 0 Å². The van der Waals surface area contributed by atoms with E-state index in [1.807, 2.05) is 12.3 Å². The lowest BCUT2D eigenvalue weighted by atomic mass is 9.91. The second-order valence-corrected chi connectivity index (χ2v) is 3.28. The fraction of sp³-hybridized carbons (Fsp3) is 0.400. The standard InChI is InChI=1S/C10H12N2/c1-7-5-6-12-9-4-2-3-8(11)10(7)9/h5-6,11H,2-4H2,1H3. The molecule has 0 unspecified atom stereocenters. The summed E-state index contributed by atoms with van der Waals surface area (Å²) >= 11 is 0. The van der Waals surface area contributed by atoms with Gasteiger partial charge in [-0.25, -0.2) is 0 Å². The van der Waals surface area contributed by atoms with Crippen molar-refractivity contribution >= 4 is 5.71 Å². The third-order valence-corrected chi connectivity index (χ3v) is 2.38. The highest BCUT2D eigenvalue weighted by atomic mass is 14.7. The highest BCUT2D eigenvalue weighted by Gasteiger charge is 2.16. The van der Waals surface area contributed by atoms with Gasteiger partial charge in [-0.3, -0.25) is 4.98 Å². The third-order valence-electron chi connectivity index (χ3n) is 2.38. The van der Waals surface area contributed by atoms with Gasteiger partial charge in [-0.1, -0.05) is 0 Å². The van der Waals surface area contributed by atoms with Crippen molar-refractivity contribution in [2.24, 2.45) is 0 Å². The first-order valence-corrected chi connectivity index (χ1v) is 4.31. The molecule has 2 nitrogen and oxygen atoms in total. The van der Waals surface area contributed by atoms with E-state index in [9.17, 15) is 0 Å². The molecule has 1 aliphatic carbocycles. The second-order valence-electron chi connectivity index (χ2n) is 3.28. The average Bonchev–Trinajstić information content (AvgIpc) is 2.04. The van der Waals surface area contributed by atoms with Gasteiger partial charge in [-0.2, -0.15) is 0 Å². The summed E-state index contributed by atoms with van der Waals surface area (Å²) in [6.07, 6.45) is 4.88. The zero-order valence-electron chi connectivity index (χ0n) is 7.22. The van der Waals surface area contributed by atoms with Gasteiger partial charge in [0.05, 0.1) is 0 Å². The number of hydrogen-bond acceptors (Lipinski definition) is 2. The maximum absolute atomic E-state index is 7.77. The topological polar surface area (TPSA) is 36.7 Å². The maximum Gasteiger partial charge on any atom is 0.0496 e. The van der Waals surface area contributed by atoms with E-state index in [2.05, 4.69) is 11.9 Å². The quantitative estimate of drug-likeness (QED) is 0.620. The Morgan fingerprint density at radius 3 is 3.00 bits per heavy atom. The molecule has 1 aliphatic rings. The zero-order valence-corrected chi connectivity index (χ0v) is 7.22. The molecule has 2 heteroatoms. The van der Waals surface area contributed by atoms with E-state index in [0.717, 1.165) is 36.2 Å². The fourth-order valence-corrected chi connectivity index (χ4v) is 1.77. The third kappa shape index (κ3) is 1.04. The fourth-order valence-electron chi connectivity index (χ4n) is 1.77. The Morgan fingerprint density at radius 1 is 1.42 bits per heavy atom. The Kier molecular flexibility index (Phi) is 1.68. The van der Waals surface area contributed by atoms with Crippen LogP contribution in [0.3, 0.4) is 0 Å². The van der Waals surface area contributed by atoms with Crippen molar-refractivity contribution in [2.75, 3.05) is 0 Å². The highest BCUT2D eigenvalue weighted by Crippen LogP contribution is 2.21. The van der Waals surface area contributed by atoms with Crippen LogP contribution in [0, 0.1) is 12.3 Å². The molecule has 62 valence electrons. The first-order chi connectivity index (χ1) is 5.79. The van der Waals surface area contributed by atoms with Gasteiger partial charge in [0.25, 0.3) is 0 Å². The van der Waals surface area contributed by atoms with Crippen molar-refractivity contribution in [3.8, 4) is 0 Å². The maximum atomic E-state index is 7.77. The molecular formula is C10H12N2. The molecule has 0 fully saturated rings. The van der Waals surface area contributed by atoms with Gasteiger partial charge >= 0.3 is 0 Å². The molecule has 2 rings (SSSR count). The predicted molar refractivity (Wildman–Crippen MR) is 48.7 cm³/mol. The van der Waals surface area contributed by atoms with E-state index in [1.165, 1.54) is 5.56 Å². The summed E-state index contributed by atoms with van der Waals surface area (Å²) in [6.45, 7) is 2.06. The SMILES string of the molecule is Cc1ccnc2c1C(=N)CCC2. The minimum atomic E-state index is 0.766. The number of hydrogen-bond donors (Lipinski definition) is 1. The molecule has 0 amide bonds. The molecule has 0 bridgehead atoms. The van der Waals surface area contributed by atoms with Crippen LogP contribution >= 0.6 is 0 Å². The van der Waals surface area contributed by atoms with Crippen LogP contribution in [-0.2, 0) is 6.42 Å². The van der Waals surface area contributed by atoms with Crippen molar-refractivity contribution in [3.63, 3.8) is 0 Å². The first-order valence-electron chi connectivity index (χ1n) is 4.31. The van der Waals surface area contributed by atoms with E-state index < -0.39 is 0 Å². The highest BCUT2D eigenvalue weighted by molar-refractivity contribution is 6.01. The number of nitrogens with zero attached hydrogens (tertiary/aromatic N) is 1. The van der Waals surface area contributed by atoms with Crippen molar-refractivity contribution in [1.82, 2.24) is 4.98 Å². The van der Waals surface area contributed by atoms with Crippen molar-refractivity contribution < 1.29 is 0 Å². The number of nitrogens with one attached hydrogen (secondary N) is 1. The number of rotatable bonds is 0. The summed E-state index contributed by atoms with van der Waals surface area (Å²) in [5.74, 6) is 0. The summed E-state index contributed by atoms with van der Waals surface area (Å²) < 4.78 is 0. The van der Waals surface area contributed by atoms with Crippen LogP contribution < -0.4 is 0 Å². The van der Waals surface area contributed by atoms with Crippen LogP contribution in [0.2, 0.25) is 0 Å². The predicted octanol–water partition coefficient (Wildman–Crippen LogP) is 2.09. The number of pyridine rings is 1. The van der Waals surface area contributed by atoms with E-state index in [0.29, 0.717) is 0 Å². The molecule has 0 radical (unpaired) electrons. The molecule has 1 aromatic heterocycles. The van der Waals surface area contributed by atoms with Gasteiger partial charge in [0.1, 0.15) is 0 Å². The molecule has 0 aromatic carbocycles. The van der Waals surface area contributed by atoms with Gasteiger partial charge in [-0.05, 0) is 37.8 Å². The van der Waals surface area contributed by atoms with Crippen LogP contribution in [0.5, 0.6) is 0 Å². The lowest BCUT2D eigenvalue weighted by Crippen LogP contribution is -2.13. The lowest BCUT2D eigenvalue weighted by molar-refractivity contribution is 0.802. The number of fused-ring (bicyclic) bond motifs is 1. The smallest absolute Gasteiger partial charge is 0.0496 e. The van der Waals surface area contributed by atoms with Gasteiger partial charge in [0.2, 0.25) is 0 Å². The largest absolute Gasteiger partial charge is 0.305 e. The lowest BCUT2D eigenvalue weighted by Gasteiger charge is -2.17. The van der Waals surface area contributed by atoms with Gasteiger partial charge < -0.3 is 5.41 Å². The van der Waals surface area contributed by atoms with Crippen LogP contribution in [0.25, 0.3) is 0 Å². The van der Waals surface area contributed by atoms with E-state index >= 15 is 0 Å². The van der Waals surface area contributed by atoms with Crippen molar-refractivity contribution in [2.45, 2.75) is 26.2 Å². The summed E-state index contributed by atoms with van der Waals surface area (Å²) in [5.41, 5.74) is 4.18. The molecule has 0 saturated heterocycles. The molecule has 0 atom stereocenters. The van der Waals surface area contributed by atoms with Crippen LogP contribution in [0.15, 0.2) is 12.3 Å². The molecule has 1 heterocycles. The second kappa shape index (κ2) is 2.70. The first kappa shape index (κ1) is 7.47. The monoisotopic (exact) mass is 160 g/mol. The normalized spacial score (nSPS) is 15.9. The average molecular weight is 160 g/mol. The Balaban J connectivity index is 2.60. The van der Waals surface area contributed by atoms with Gasteiger partial charge in [-0.15, -0.1) is 0 Å². The molecule has 0 saturated carbocycles. The molecule has 0 aliphatic heterocycles. The molecule has 1 aromatic rings. The Labute approximate surface area is 72.2 Å². The number of aryl methyl sites for hydroxylation is 2. The van der Waals surface area contributed by atoms with Crippen molar-refractivity contribution in [1.29, 1.82) is 5.41 Å². The summed E-state index contributed by atoms with van der Waals surface area (Å²) in [6, 6.07) is 1.98. The van der Waals surface area contributed by atoms with E-state index in [4.69, 9.17) is 5.41 Å². The van der Waals surface area contributed by atoms with Crippen molar-refractivity contribution in [3.05, 3.63) is 29.1 Å². The molecule has 12 heavy (non-hydrogen) atoms. The van der Waals surface area contributed by atoms with E-state index in [-0.39, 0.29) is 0 Å².